The Hall–Kier alpha value is -2.20. The smallest absolute Gasteiger partial charge is 0.160 e. The highest BCUT2D eigenvalue weighted by Gasteiger charge is 2.24. The van der Waals surface area contributed by atoms with Gasteiger partial charge in [-0.3, -0.25) is 0 Å². The molecule has 2 aliphatic heterocycles. The average molecular weight is 396 g/mol. The minimum absolute atomic E-state index is 0.609. The van der Waals surface area contributed by atoms with Gasteiger partial charge >= 0.3 is 0 Å². The molecule has 4 heteroatoms. The van der Waals surface area contributed by atoms with E-state index in [4.69, 9.17) is 14.2 Å². The van der Waals surface area contributed by atoms with Crippen LogP contribution in [-0.2, 0) is 0 Å². The molecular weight excluding hydrogens is 362 g/mol. The maximum atomic E-state index is 5.94. The molecule has 0 aliphatic carbocycles. The van der Waals surface area contributed by atoms with Crippen molar-refractivity contribution < 1.29 is 14.2 Å². The third-order valence-electron chi connectivity index (χ3n) is 6.57. The number of fused-ring (bicyclic) bond motifs is 1. The van der Waals surface area contributed by atoms with Crippen LogP contribution in [0.25, 0.3) is 0 Å². The number of hydrogen-bond donors (Lipinski definition) is 0. The summed E-state index contributed by atoms with van der Waals surface area (Å²) in [5.74, 6) is 3.97. The maximum Gasteiger partial charge on any atom is 0.160 e. The molecule has 1 saturated heterocycles. The Morgan fingerprint density at radius 2 is 1.76 bits per heavy atom. The Balaban J connectivity index is 1.32. The van der Waals surface area contributed by atoms with Crippen LogP contribution in [0.1, 0.15) is 55.1 Å². The molecule has 0 N–H and O–H groups in total. The Labute approximate surface area is 174 Å². The summed E-state index contributed by atoms with van der Waals surface area (Å²) in [5, 5.41) is 0. The molecule has 0 spiro atoms. The number of rotatable bonds is 6. The summed E-state index contributed by atoms with van der Waals surface area (Å²) >= 11 is 0. The molecule has 2 aliphatic rings. The molecule has 156 valence electrons. The molecule has 0 aromatic heterocycles. The lowest BCUT2D eigenvalue weighted by atomic mass is 9.88. The molecule has 0 bridgehead atoms. The van der Waals surface area contributed by atoms with Crippen LogP contribution in [0, 0.1) is 0 Å². The van der Waals surface area contributed by atoms with Crippen LogP contribution in [0.15, 0.2) is 42.5 Å². The molecule has 4 nitrogen and oxygen atoms in total. The van der Waals surface area contributed by atoms with E-state index in [0.717, 1.165) is 30.3 Å². The first kappa shape index (κ1) is 20.1. The first-order chi connectivity index (χ1) is 14.3. The van der Waals surface area contributed by atoms with E-state index in [0.29, 0.717) is 11.8 Å². The summed E-state index contributed by atoms with van der Waals surface area (Å²) in [4.78, 5) is 2.64. The third-order valence-corrected chi connectivity index (χ3v) is 6.57. The van der Waals surface area contributed by atoms with Crippen molar-refractivity contribution in [2.45, 2.75) is 43.9 Å². The second-order valence-electron chi connectivity index (χ2n) is 8.24. The predicted molar refractivity (Wildman–Crippen MR) is 116 cm³/mol. The zero-order valence-corrected chi connectivity index (χ0v) is 17.7. The lowest BCUT2D eigenvalue weighted by Crippen LogP contribution is -2.34. The largest absolute Gasteiger partial charge is 0.493 e. The number of para-hydroxylation sites is 1. The van der Waals surface area contributed by atoms with E-state index < -0.39 is 0 Å². The molecule has 2 aromatic carbocycles. The van der Waals surface area contributed by atoms with Crippen molar-refractivity contribution in [3.05, 3.63) is 53.6 Å². The summed E-state index contributed by atoms with van der Waals surface area (Å²) in [6.07, 6.45) is 6.03. The van der Waals surface area contributed by atoms with Crippen LogP contribution in [0.3, 0.4) is 0 Å². The number of benzene rings is 2. The van der Waals surface area contributed by atoms with Gasteiger partial charge in [-0.1, -0.05) is 24.3 Å². The van der Waals surface area contributed by atoms with E-state index in [1.807, 2.05) is 6.07 Å². The quantitative estimate of drug-likeness (QED) is 0.670. The van der Waals surface area contributed by atoms with E-state index >= 15 is 0 Å². The van der Waals surface area contributed by atoms with Gasteiger partial charge in [-0.2, -0.15) is 0 Å². The first-order valence-electron chi connectivity index (χ1n) is 10.9. The Morgan fingerprint density at radius 3 is 2.55 bits per heavy atom. The molecule has 0 amide bonds. The summed E-state index contributed by atoms with van der Waals surface area (Å²) in [6.45, 7) is 4.37. The lowest BCUT2D eigenvalue weighted by molar-refractivity contribution is 0.204. The van der Waals surface area contributed by atoms with Crippen molar-refractivity contribution in [3.8, 4) is 17.2 Å². The molecule has 1 atom stereocenters. The first-order valence-corrected chi connectivity index (χ1v) is 10.9. The molecule has 1 unspecified atom stereocenters. The number of hydrogen-bond acceptors (Lipinski definition) is 4. The summed E-state index contributed by atoms with van der Waals surface area (Å²) < 4.78 is 16.8. The van der Waals surface area contributed by atoms with Gasteiger partial charge in [0.05, 0.1) is 20.8 Å². The highest BCUT2D eigenvalue weighted by atomic mass is 16.5. The van der Waals surface area contributed by atoms with Gasteiger partial charge in [0.15, 0.2) is 11.5 Å². The number of nitrogens with zero attached hydrogens (tertiary/aromatic N) is 1. The Morgan fingerprint density at radius 1 is 0.966 bits per heavy atom. The zero-order valence-electron chi connectivity index (χ0n) is 17.7. The molecule has 0 saturated carbocycles. The average Bonchev–Trinajstić information content (AvgIpc) is 3.00. The van der Waals surface area contributed by atoms with Gasteiger partial charge in [0.25, 0.3) is 0 Å². The van der Waals surface area contributed by atoms with Gasteiger partial charge in [0, 0.05) is 0 Å². The van der Waals surface area contributed by atoms with E-state index in [1.165, 1.54) is 56.4 Å². The topological polar surface area (TPSA) is 30.9 Å². The minimum Gasteiger partial charge on any atom is -0.493 e. The van der Waals surface area contributed by atoms with Crippen LogP contribution in [0.4, 0.5) is 0 Å². The molecular formula is C25H33NO3. The normalized spacial score (nSPS) is 20.4. The van der Waals surface area contributed by atoms with E-state index in [1.54, 1.807) is 14.2 Å². The van der Waals surface area contributed by atoms with Crippen LogP contribution in [0.5, 0.6) is 17.2 Å². The van der Waals surface area contributed by atoms with E-state index in [9.17, 15) is 0 Å². The molecule has 0 radical (unpaired) electrons. The summed E-state index contributed by atoms with van der Waals surface area (Å²) in [5.41, 5.74) is 2.78. The third kappa shape index (κ3) is 4.69. The molecule has 29 heavy (non-hydrogen) atoms. The van der Waals surface area contributed by atoms with E-state index in [2.05, 4.69) is 41.3 Å². The minimum atomic E-state index is 0.609. The van der Waals surface area contributed by atoms with Gasteiger partial charge in [-0.25, -0.2) is 0 Å². The monoisotopic (exact) mass is 395 g/mol. The number of ether oxygens (including phenoxy) is 3. The summed E-state index contributed by atoms with van der Waals surface area (Å²) in [6, 6.07) is 15.0. The predicted octanol–water partition coefficient (Wildman–Crippen LogP) is 5.23. The molecule has 2 aromatic rings. The zero-order chi connectivity index (χ0) is 20.1. The van der Waals surface area contributed by atoms with Crippen LogP contribution < -0.4 is 14.2 Å². The maximum absolute atomic E-state index is 5.94. The van der Waals surface area contributed by atoms with Crippen molar-refractivity contribution in [1.29, 1.82) is 0 Å². The van der Waals surface area contributed by atoms with Gasteiger partial charge < -0.3 is 19.1 Å². The van der Waals surface area contributed by atoms with Crippen molar-refractivity contribution in [1.82, 2.24) is 4.90 Å². The fourth-order valence-corrected chi connectivity index (χ4v) is 4.85. The standard InChI is InChI=1S/C25H33NO3/c1-27-24-10-9-21(18-25(24)28-2)19-11-14-26(15-12-19)16-13-20-6-5-17-29-23-8-4-3-7-22(20)23/h3-4,7-10,18-20H,5-6,11-17H2,1-2H3. The lowest BCUT2D eigenvalue weighted by Gasteiger charge is -2.33. The van der Waals surface area contributed by atoms with Crippen LogP contribution >= 0.6 is 0 Å². The second-order valence-corrected chi connectivity index (χ2v) is 8.24. The molecule has 1 fully saturated rings. The van der Waals surface area contributed by atoms with Crippen molar-refractivity contribution in [2.24, 2.45) is 0 Å². The number of likely N-dealkylation sites (tertiary alicyclic amines) is 1. The van der Waals surface area contributed by atoms with Gasteiger partial charge in [-0.15, -0.1) is 0 Å². The van der Waals surface area contributed by atoms with Gasteiger partial charge in [-0.05, 0) is 92.9 Å². The van der Waals surface area contributed by atoms with Crippen molar-refractivity contribution in [3.63, 3.8) is 0 Å². The molecule has 2 heterocycles. The van der Waals surface area contributed by atoms with Crippen molar-refractivity contribution >= 4 is 0 Å². The fourth-order valence-electron chi connectivity index (χ4n) is 4.85. The SMILES string of the molecule is COc1ccc(C2CCN(CCC3CCCOc4ccccc43)CC2)cc1OC. The Kier molecular flexibility index (Phi) is 6.60. The van der Waals surface area contributed by atoms with Gasteiger partial charge in [0.2, 0.25) is 0 Å². The second kappa shape index (κ2) is 9.53. The summed E-state index contributed by atoms with van der Waals surface area (Å²) in [7, 11) is 3.40. The number of piperidine rings is 1. The number of methoxy groups -OCH3 is 2. The molecule has 4 rings (SSSR count). The highest BCUT2D eigenvalue weighted by Crippen LogP contribution is 2.37. The highest BCUT2D eigenvalue weighted by molar-refractivity contribution is 5.44. The van der Waals surface area contributed by atoms with Gasteiger partial charge in [0.1, 0.15) is 5.75 Å². The fraction of sp³-hybridized carbons (Fsp3) is 0.520. The Bertz CT molecular complexity index is 798. The van der Waals surface area contributed by atoms with Crippen molar-refractivity contribution in [2.75, 3.05) is 40.5 Å². The van der Waals surface area contributed by atoms with Crippen LogP contribution in [0.2, 0.25) is 0 Å². The van der Waals surface area contributed by atoms with E-state index in [-0.39, 0.29) is 0 Å². The van der Waals surface area contributed by atoms with Crippen LogP contribution in [-0.4, -0.2) is 45.4 Å².